The Kier molecular flexibility index (Phi) is 8.62. The van der Waals surface area contributed by atoms with E-state index in [1.165, 1.54) is 70.6 Å². The number of esters is 1. The largest absolute Gasteiger partial charge is 0.459 e. The minimum absolute atomic E-state index is 0.0209. The predicted octanol–water partition coefficient (Wildman–Crippen LogP) is 8.90. The molecule has 3 fully saturated rings. The fraction of sp³-hybridized carbons (Fsp3) is 0.679. The molecule has 3 aliphatic carbocycles. The summed E-state index contributed by atoms with van der Waals surface area (Å²) in [5, 5.41) is 0.893. The molecular formula is C28H38Cl2O2. The van der Waals surface area contributed by atoms with Gasteiger partial charge >= 0.3 is 5.97 Å². The zero-order valence-electron chi connectivity index (χ0n) is 19.2. The second-order valence-electron chi connectivity index (χ2n) is 10.5. The van der Waals surface area contributed by atoms with Crippen LogP contribution in [0, 0.1) is 29.6 Å². The van der Waals surface area contributed by atoms with Crippen LogP contribution in [0.1, 0.15) is 93.8 Å². The Balaban J connectivity index is 1.18. The van der Waals surface area contributed by atoms with Gasteiger partial charge < -0.3 is 4.74 Å². The second-order valence-corrected chi connectivity index (χ2v) is 11.4. The third-order valence-corrected chi connectivity index (χ3v) is 9.23. The number of ether oxygens (including phenoxy) is 1. The van der Waals surface area contributed by atoms with Gasteiger partial charge in [0.25, 0.3) is 0 Å². The number of allylic oxidation sites excluding steroid dienone is 1. The summed E-state index contributed by atoms with van der Waals surface area (Å²) in [5.41, 5.74) is 0.412. The molecule has 0 saturated heterocycles. The van der Waals surface area contributed by atoms with Gasteiger partial charge in [0.2, 0.25) is 0 Å². The topological polar surface area (TPSA) is 26.3 Å². The number of halogens is 2. The van der Waals surface area contributed by atoms with Crippen molar-refractivity contribution in [2.45, 2.75) is 89.6 Å². The summed E-state index contributed by atoms with van der Waals surface area (Å²) in [6.45, 7) is 3.92. The van der Waals surface area contributed by atoms with Crippen LogP contribution in [0.3, 0.4) is 0 Å². The minimum atomic E-state index is -0.321. The van der Waals surface area contributed by atoms with Crippen LogP contribution >= 0.6 is 23.2 Å². The third-order valence-electron chi connectivity index (χ3n) is 8.68. The number of carbonyl (C=O) groups is 1. The molecule has 4 rings (SSSR count). The molecule has 0 heterocycles. The van der Waals surface area contributed by atoms with Crippen molar-refractivity contribution in [2.24, 2.45) is 29.6 Å². The van der Waals surface area contributed by atoms with E-state index >= 15 is 0 Å². The van der Waals surface area contributed by atoms with Crippen molar-refractivity contribution >= 4 is 29.2 Å². The Morgan fingerprint density at radius 1 is 0.844 bits per heavy atom. The summed E-state index contributed by atoms with van der Waals surface area (Å²) >= 11 is 12.1. The Morgan fingerprint density at radius 3 is 1.84 bits per heavy atom. The number of benzene rings is 1. The second kappa shape index (κ2) is 11.4. The fourth-order valence-corrected chi connectivity index (χ4v) is 7.25. The zero-order chi connectivity index (χ0) is 22.5. The minimum Gasteiger partial charge on any atom is -0.459 e. The molecule has 176 valence electrons. The Morgan fingerprint density at radius 2 is 1.34 bits per heavy atom. The zero-order valence-corrected chi connectivity index (χ0v) is 20.8. The monoisotopic (exact) mass is 476 g/mol. The van der Waals surface area contributed by atoms with Gasteiger partial charge in [-0.3, -0.25) is 0 Å². The predicted molar refractivity (Wildman–Crippen MR) is 133 cm³/mol. The summed E-state index contributed by atoms with van der Waals surface area (Å²) in [4.78, 5) is 12.5. The van der Waals surface area contributed by atoms with Gasteiger partial charge in [-0.1, -0.05) is 29.3 Å². The normalized spacial score (nSPS) is 33.4. The summed E-state index contributed by atoms with van der Waals surface area (Å²) in [6.07, 6.45) is 19.1. The molecular weight excluding hydrogens is 439 g/mol. The lowest BCUT2D eigenvalue weighted by atomic mass is 9.65. The Bertz CT molecular complexity index is 768. The summed E-state index contributed by atoms with van der Waals surface area (Å²) < 4.78 is 5.78. The molecule has 0 aliphatic heterocycles. The van der Waals surface area contributed by atoms with Gasteiger partial charge in [0.1, 0.15) is 6.10 Å². The van der Waals surface area contributed by atoms with Crippen LogP contribution < -0.4 is 0 Å². The summed E-state index contributed by atoms with van der Waals surface area (Å²) in [6, 6.07) is 4.94. The van der Waals surface area contributed by atoms with Gasteiger partial charge in [0.05, 0.1) is 10.6 Å². The van der Waals surface area contributed by atoms with E-state index in [1.807, 2.05) is 0 Å². The Labute approximate surface area is 204 Å². The molecule has 3 saturated carbocycles. The molecule has 1 aromatic carbocycles. The highest BCUT2D eigenvalue weighted by Gasteiger charge is 2.35. The quantitative estimate of drug-likeness (QED) is 0.302. The average molecular weight is 478 g/mol. The highest BCUT2D eigenvalue weighted by atomic mass is 35.5. The van der Waals surface area contributed by atoms with Gasteiger partial charge in [0.15, 0.2) is 0 Å². The molecule has 0 unspecified atom stereocenters. The SMILES string of the molecule is C=CC[C@H]1CC[C@H]([C@H]2CC[C@H]([C@H]3CC[C@H](OC(=O)c4ccc(Cl)cc4Cl)CC3)CC2)CC1. The summed E-state index contributed by atoms with van der Waals surface area (Å²) in [7, 11) is 0. The van der Waals surface area contributed by atoms with Crippen LogP contribution in [0.15, 0.2) is 30.9 Å². The van der Waals surface area contributed by atoms with Crippen LogP contribution in [0.25, 0.3) is 0 Å². The van der Waals surface area contributed by atoms with Crippen molar-refractivity contribution < 1.29 is 9.53 Å². The fourth-order valence-electron chi connectivity index (χ4n) is 6.77. The van der Waals surface area contributed by atoms with Crippen molar-refractivity contribution in [2.75, 3.05) is 0 Å². The van der Waals surface area contributed by atoms with Crippen molar-refractivity contribution in [3.05, 3.63) is 46.5 Å². The molecule has 0 bridgehead atoms. The van der Waals surface area contributed by atoms with Gasteiger partial charge in [0, 0.05) is 5.02 Å². The number of carbonyl (C=O) groups excluding carboxylic acids is 1. The van der Waals surface area contributed by atoms with E-state index in [4.69, 9.17) is 27.9 Å². The lowest BCUT2D eigenvalue weighted by Gasteiger charge is -2.41. The van der Waals surface area contributed by atoms with Crippen molar-refractivity contribution in [3.8, 4) is 0 Å². The first-order valence-electron chi connectivity index (χ1n) is 12.8. The smallest absolute Gasteiger partial charge is 0.339 e. The van der Waals surface area contributed by atoms with Gasteiger partial charge in [-0.05, 0) is 131 Å². The first-order valence-corrected chi connectivity index (χ1v) is 13.6. The summed E-state index contributed by atoms with van der Waals surface area (Å²) in [5.74, 6) is 4.22. The van der Waals surface area contributed by atoms with Crippen LogP contribution in [-0.2, 0) is 4.74 Å². The lowest BCUT2D eigenvalue weighted by Crippen LogP contribution is -2.31. The molecule has 0 N–H and O–H groups in total. The molecule has 32 heavy (non-hydrogen) atoms. The van der Waals surface area contributed by atoms with Gasteiger partial charge in [-0.25, -0.2) is 4.79 Å². The average Bonchev–Trinajstić information content (AvgIpc) is 2.80. The van der Waals surface area contributed by atoms with Crippen LogP contribution in [-0.4, -0.2) is 12.1 Å². The highest BCUT2D eigenvalue weighted by molar-refractivity contribution is 6.36. The van der Waals surface area contributed by atoms with E-state index in [2.05, 4.69) is 12.7 Å². The molecule has 1 aromatic rings. The first-order chi connectivity index (χ1) is 15.5. The van der Waals surface area contributed by atoms with Crippen molar-refractivity contribution in [1.82, 2.24) is 0 Å². The lowest BCUT2D eigenvalue weighted by molar-refractivity contribution is 0.0100. The van der Waals surface area contributed by atoms with Crippen molar-refractivity contribution in [3.63, 3.8) is 0 Å². The number of hydrogen-bond acceptors (Lipinski definition) is 2. The van der Waals surface area contributed by atoms with E-state index in [9.17, 15) is 4.79 Å². The maximum Gasteiger partial charge on any atom is 0.339 e. The molecule has 0 atom stereocenters. The highest BCUT2D eigenvalue weighted by Crippen LogP contribution is 2.46. The maximum absolute atomic E-state index is 12.5. The standard InChI is InChI=1S/C28H38Cl2O2/c1-2-3-19-4-6-20(7-5-19)21-8-10-22(11-9-21)23-12-15-25(16-13-23)32-28(31)26-17-14-24(29)18-27(26)30/h2,14,17-23,25H,1,3-13,15-16H2/t19-,20-,21-,22-,23-,25-. The molecule has 4 heteroatoms. The molecule has 0 aromatic heterocycles. The van der Waals surface area contributed by atoms with E-state index in [0.29, 0.717) is 15.6 Å². The molecule has 0 amide bonds. The van der Waals surface area contributed by atoms with E-state index < -0.39 is 0 Å². The van der Waals surface area contributed by atoms with Gasteiger partial charge in [-0.2, -0.15) is 0 Å². The van der Waals surface area contributed by atoms with Crippen molar-refractivity contribution in [1.29, 1.82) is 0 Å². The Hall–Kier alpha value is -0.990. The van der Waals surface area contributed by atoms with Gasteiger partial charge in [-0.15, -0.1) is 6.58 Å². The third kappa shape index (κ3) is 6.11. The number of hydrogen-bond donors (Lipinski definition) is 0. The first kappa shape index (κ1) is 24.1. The van der Waals surface area contributed by atoms with E-state index in [0.717, 1.165) is 42.4 Å². The van der Waals surface area contributed by atoms with E-state index in [1.54, 1.807) is 18.2 Å². The van der Waals surface area contributed by atoms with Crippen LogP contribution in [0.4, 0.5) is 0 Å². The number of rotatable bonds is 6. The molecule has 3 aliphatic rings. The van der Waals surface area contributed by atoms with Crippen LogP contribution in [0.2, 0.25) is 10.0 Å². The molecule has 0 spiro atoms. The molecule has 0 radical (unpaired) electrons. The van der Waals surface area contributed by atoms with E-state index in [-0.39, 0.29) is 12.1 Å². The van der Waals surface area contributed by atoms with Crippen LogP contribution in [0.5, 0.6) is 0 Å². The maximum atomic E-state index is 12.5. The molecule has 2 nitrogen and oxygen atoms in total.